The monoisotopic (exact) mass is 338 g/mol. The molecule has 7 nitrogen and oxygen atoms in total. The van der Waals surface area contributed by atoms with Crippen LogP contribution >= 0.6 is 0 Å². The first-order valence-electron chi connectivity index (χ1n) is 9.52. The predicted octanol–water partition coefficient (Wildman–Crippen LogP) is -0.621. The summed E-state index contributed by atoms with van der Waals surface area (Å²) in [6.07, 6.45) is 3.49. The normalized spacial score (nSPS) is 39.3. The zero-order valence-corrected chi connectivity index (χ0v) is 14.5. The van der Waals surface area contributed by atoms with Gasteiger partial charge in [-0.2, -0.15) is 0 Å². The van der Waals surface area contributed by atoms with Crippen LogP contribution in [0.25, 0.3) is 0 Å². The van der Waals surface area contributed by atoms with Gasteiger partial charge in [0.2, 0.25) is 5.78 Å². The first-order chi connectivity index (χ1) is 11.8. The van der Waals surface area contributed by atoms with Gasteiger partial charge in [0.15, 0.2) is 11.4 Å². The largest absolute Gasteiger partial charge is 0.353 e. The van der Waals surface area contributed by atoms with E-state index >= 15 is 0 Å². The second-order valence-electron chi connectivity index (χ2n) is 7.28. The topological polar surface area (TPSA) is 66.1 Å². The van der Waals surface area contributed by atoms with Gasteiger partial charge in [0.25, 0.3) is 0 Å². The minimum atomic E-state index is -0.780. The van der Waals surface area contributed by atoms with Crippen molar-refractivity contribution >= 4 is 5.78 Å². The molecule has 2 N–H and O–H groups in total. The van der Waals surface area contributed by atoms with Gasteiger partial charge < -0.3 is 20.1 Å². The van der Waals surface area contributed by atoms with E-state index < -0.39 is 11.4 Å². The average Bonchev–Trinajstić information content (AvgIpc) is 3.34. The van der Waals surface area contributed by atoms with Crippen LogP contribution in [0.5, 0.6) is 0 Å². The van der Waals surface area contributed by atoms with Crippen LogP contribution in [-0.4, -0.2) is 92.6 Å². The Kier molecular flexibility index (Phi) is 4.90. The third kappa shape index (κ3) is 2.71. The molecule has 0 amide bonds. The molecule has 2 unspecified atom stereocenters. The van der Waals surface area contributed by atoms with Gasteiger partial charge in [-0.25, -0.2) is 0 Å². The van der Waals surface area contributed by atoms with Crippen molar-refractivity contribution < 1.29 is 14.3 Å². The Labute approximate surface area is 144 Å². The molecular formula is C17H30N4O3. The summed E-state index contributed by atoms with van der Waals surface area (Å²) in [5.74, 6) is 0.161. The lowest BCUT2D eigenvalue weighted by atomic mass is 9.89. The van der Waals surface area contributed by atoms with Gasteiger partial charge in [-0.05, 0) is 25.7 Å². The number of rotatable bonds is 4. The molecule has 2 atom stereocenters. The van der Waals surface area contributed by atoms with Gasteiger partial charge >= 0.3 is 0 Å². The van der Waals surface area contributed by atoms with E-state index in [1.165, 1.54) is 0 Å². The van der Waals surface area contributed by atoms with Crippen molar-refractivity contribution in [1.29, 1.82) is 0 Å². The number of carbonyl (C=O) groups excluding carboxylic acids is 1. The van der Waals surface area contributed by atoms with Crippen molar-refractivity contribution in [3.8, 4) is 0 Å². The molecule has 0 aromatic rings. The molecule has 4 saturated heterocycles. The molecule has 7 heteroatoms. The minimum Gasteiger partial charge on any atom is -0.353 e. The van der Waals surface area contributed by atoms with Crippen molar-refractivity contribution in [2.24, 2.45) is 0 Å². The molecule has 0 aromatic heterocycles. The number of ketones is 1. The smallest absolute Gasteiger partial charge is 0.226 e. The fraction of sp³-hybridized carbons (Fsp3) is 0.941. The lowest BCUT2D eigenvalue weighted by Gasteiger charge is -2.49. The van der Waals surface area contributed by atoms with Gasteiger partial charge in [-0.15, -0.1) is 0 Å². The highest BCUT2D eigenvalue weighted by atomic mass is 16.6. The van der Waals surface area contributed by atoms with Crippen LogP contribution in [-0.2, 0) is 14.3 Å². The predicted molar refractivity (Wildman–Crippen MR) is 89.7 cm³/mol. The molecule has 136 valence electrons. The molecular weight excluding hydrogens is 308 g/mol. The molecule has 4 fully saturated rings. The van der Waals surface area contributed by atoms with E-state index in [1.54, 1.807) is 0 Å². The van der Waals surface area contributed by atoms with E-state index in [0.29, 0.717) is 13.2 Å². The number of ether oxygens (including phenoxy) is 2. The van der Waals surface area contributed by atoms with Crippen molar-refractivity contribution in [3.05, 3.63) is 0 Å². The van der Waals surface area contributed by atoms with Gasteiger partial charge in [-0.1, -0.05) is 0 Å². The van der Waals surface area contributed by atoms with E-state index in [-0.39, 0.29) is 5.78 Å². The van der Waals surface area contributed by atoms with Gasteiger partial charge in [0.05, 0.1) is 0 Å². The number of carbonyl (C=O) groups is 1. The quantitative estimate of drug-likeness (QED) is 0.708. The van der Waals surface area contributed by atoms with Crippen molar-refractivity contribution in [2.75, 3.05) is 65.6 Å². The first-order valence-corrected chi connectivity index (χ1v) is 9.52. The summed E-state index contributed by atoms with van der Waals surface area (Å²) < 4.78 is 12.4. The Bertz CT molecular complexity index is 409. The zero-order valence-electron chi connectivity index (χ0n) is 14.5. The second-order valence-corrected chi connectivity index (χ2v) is 7.28. The van der Waals surface area contributed by atoms with E-state index in [0.717, 1.165) is 78.0 Å². The molecule has 24 heavy (non-hydrogen) atoms. The average molecular weight is 338 g/mol. The highest BCUT2D eigenvalue weighted by Gasteiger charge is 2.60. The lowest BCUT2D eigenvalue weighted by Crippen LogP contribution is -2.70. The number of piperazine rings is 2. The number of Topliss-reactive ketones (excluding diaryl/α,β-unsaturated/α-hetero) is 1. The van der Waals surface area contributed by atoms with Crippen LogP contribution < -0.4 is 10.6 Å². The van der Waals surface area contributed by atoms with Gasteiger partial charge in [0, 0.05) is 65.6 Å². The Morgan fingerprint density at radius 1 is 0.750 bits per heavy atom. The summed E-state index contributed by atoms with van der Waals surface area (Å²) in [4.78, 5) is 18.5. The molecule has 0 saturated carbocycles. The highest BCUT2D eigenvalue weighted by molar-refractivity contribution is 5.94. The standard InChI is InChI=1S/C17H30N4O3/c22-15(16(3-1-13-23-16)20-9-5-18-6-10-20)17(4-2-14-24-17)21-11-7-19-8-12-21/h18-19H,1-14H2. The molecule has 4 heterocycles. The van der Waals surface area contributed by atoms with Crippen LogP contribution in [0.15, 0.2) is 0 Å². The summed E-state index contributed by atoms with van der Waals surface area (Å²) in [5.41, 5.74) is -1.56. The maximum atomic E-state index is 13.9. The Balaban J connectivity index is 1.64. The van der Waals surface area contributed by atoms with E-state index in [2.05, 4.69) is 20.4 Å². The van der Waals surface area contributed by atoms with Gasteiger partial charge in [-0.3, -0.25) is 14.6 Å². The van der Waals surface area contributed by atoms with Crippen molar-refractivity contribution in [2.45, 2.75) is 37.1 Å². The Morgan fingerprint density at radius 2 is 1.17 bits per heavy atom. The maximum Gasteiger partial charge on any atom is 0.226 e. The summed E-state index contributed by atoms with van der Waals surface area (Å²) in [7, 11) is 0. The second kappa shape index (κ2) is 6.97. The molecule has 0 aromatic carbocycles. The SMILES string of the molecule is O=C(C1(N2CCNCC2)CCCO1)C1(N2CCNCC2)CCCO1. The molecule has 0 aliphatic carbocycles. The fourth-order valence-corrected chi connectivity index (χ4v) is 4.75. The number of hydrogen-bond acceptors (Lipinski definition) is 7. The van der Waals surface area contributed by atoms with Crippen LogP contribution in [0, 0.1) is 0 Å². The first kappa shape index (κ1) is 16.9. The molecule has 4 aliphatic rings. The third-order valence-corrected chi connectivity index (χ3v) is 5.97. The van der Waals surface area contributed by atoms with E-state index in [4.69, 9.17) is 9.47 Å². The third-order valence-electron chi connectivity index (χ3n) is 5.97. The zero-order chi connectivity index (χ0) is 16.5. The Morgan fingerprint density at radius 3 is 1.50 bits per heavy atom. The number of nitrogens with zero attached hydrogens (tertiary/aromatic N) is 2. The summed E-state index contributed by atoms with van der Waals surface area (Å²) in [6.45, 7) is 8.47. The molecule has 0 spiro atoms. The number of nitrogens with one attached hydrogen (secondary N) is 2. The Hall–Kier alpha value is -0.570. The number of hydrogen-bond donors (Lipinski definition) is 2. The lowest BCUT2D eigenvalue weighted by molar-refractivity contribution is -0.206. The molecule has 0 bridgehead atoms. The summed E-state index contributed by atoms with van der Waals surface area (Å²) in [5, 5.41) is 6.76. The van der Waals surface area contributed by atoms with Crippen molar-refractivity contribution in [3.63, 3.8) is 0 Å². The summed E-state index contributed by atoms with van der Waals surface area (Å²) >= 11 is 0. The van der Waals surface area contributed by atoms with E-state index in [9.17, 15) is 4.79 Å². The van der Waals surface area contributed by atoms with E-state index in [1.807, 2.05) is 0 Å². The van der Waals surface area contributed by atoms with Crippen LogP contribution in [0.1, 0.15) is 25.7 Å². The van der Waals surface area contributed by atoms with Crippen LogP contribution in [0.2, 0.25) is 0 Å². The van der Waals surface area contributed by atoms with Gasteiger partial charge in [0.1, 0.15) is 0 Å². The highest BCUT2D eigenvalue weighted by Crippen LogP contribution is 2.41. The molecule has 4 aliphatic heterocycles. The van der Waals surface area contributed by atoms with Crippen molar-refractivity contribution in [1.82, 2.24) is 20.4 Å². The maximum absolute atomic E-state index is 13.9. The summed E-state index contributed by atoms with van der Waals surface area (Å²) in [6, 6.07) is 0. The minimum absolute atomic E-state index is 0.161. The van der Waals surface area contributed by atoms with Crippen LogP contribution in [0.3, 0.4) is 0 Å². The molecule has 0 radical (unpaired) electrons. The van der Waals surface area contributed by atoms with Crippen LogP contribution in [0.4, 0.5) is 0 Å². The fourth-order valence-electron chi connectivity index (χ4n) is 4.75. The molecule has 4 rings (SSSR count).